The number of nitrogens with one attached hydrogen (secondary N) is 1. The van der Waals surface area contributed by atoms with Crippen LogP contribution in [0.3, 0.4) is 0 Å². The van der Waals surface area contributed by atoms with E-state index in [0.717, 1.165) is 52.8 Å². The van der Waals surface area contributed by atoms with Gasteiger partial charge in [0.2, 0.25) is 0 Å². The van der Waals surface area contributed by atoms with Gasteiger partial charge < -0.3 is 10.2 Å². The van der Waals surface area contributed by atoms with Crippen molar-refractivity contribution in [1.29, 1.82) is 0 Å². The average Bonchev–Trinajstić information content (AvgIpc) is 3.07. The normalized spacial score (nSPS) is 13.4. The van der Waals surface area contributed by atoms with Crippen LogP contribution in [0.15, 0.2) is 36.4 Å². The minimum atomic E-state index is -0.176. The van der Waals surface area contributed by atoms with E-state index in [1.165, 1.54) is 11.3 Å². The van der Waals surface area contributed by atoms with Crippen molar-refractivity contribution in [1.82, 2.24) is 15.2 Å². The molecule has 0 atom stereocenters. The molecule has 0 saturated heterocycles. The number of hydrogen-bond donors (Lipinski definition) is 1. The third kappa shape index (κ3) is 3.30. The van der Waals surface area contributed by atoms with E-state index in [1.807, 2.05) is 55.1 Å². The highest BCUT2D eigenvalue weighted by Crippen LogP contribution is 2.35. The first-order valence-corrected chi connectivity index (χ1v) is 9.37. The lowest BCUT2D eigenvalue weighted by molar-refractivity contribution is 0.102. The SMILES string of the molecule is Cc1cccc(NC(=O)c2nc3c(s2)CCCN3c2ccc(C)nn2)c1. The van der Waals surface area contributed by atoms with Crippen LogP contribution in [-0.2, 0) is 6.42 Å². The minimum absolute atomic E-state index is 0.176. The van der Waals surface area contributed by atoms with Crippen LogP contribution < -0.4 is 10.2 Å². The van der Waals surface area contributed by atoms with E-state index < -0.39 is 0 Å². The fourth-order valence-corrected chi connectivity index (χ4v) is 3.99. The van der Waals surface area contributed by atoms with E-state index in [2.05, 4.69) is 20.5 Å². The summed E-state index contributed by atoms with van der Waals surface area (Å²) in [5, 5.41) is 11.8. The van der Waals surface area contributed by atoms with Gasteiger partial charge in [-0.25, -0.2) is 4.98 Å². The number of aryl methyl sites for hydroxylation is 3. The fraction of sp³-hybridized carbons (Fsp3) is 0.263. The molecule has 4 rings (SSSR count). The van der Waals surface area contributed by atoms with E-state index >= 15 is 0 Å². The Labute approximate surface area is 155 Å². The van der Waals surface area contributed by atoms with E-state index in [1.54, 1.807) is 0 Å². The standard InChI is InChI=1S/C19H19N5OS/c1-12-5-3-6-14(11-12)20-18(25)19-21-17-15(26-19)7-4-10-24(17)16-9-8-13(2)22-23-16/h3,5-6,8-9,11H,4,7,10H2,1-2H3,(H,20,25). The van der Waals surface area contributed by atoms with Gasteiger partial charge in [-0.1, -0.05) is 12.1 Å². The summed E-state index contributed by atoms with van der Waals surface area (Å²) in [6, 6.07) is 11.6. The summed E-state index contributed by atoms with van der Waals surface area (Å²) in [6.07, 6.45) is 1.93. The highest BCUT2D eigenvalue weighted by molar-refractivity contribution is 7.14. The van der Waals surface area contributed by atoms with Crippen LogP contribution in [0.2, 0.25) is 0 Å². The Morgan fingerprint density at radius 1 is 1.19 bits per heavy atom. The molecule has 0 aliphatic carbocycles. The Balaban J connectivity index is 1.60. The Bertz CT molecular complexity index is 951. The number of amides is 1. The first-order valence-electron chi connectivity index (χ1n) is 8.56. The summed E-state index contributed by atoms with van der Waals surface area (Å²) in [6.45, 7) is 4.74. The van der Waals surface area contributed by atoms with Gasteiger partial charge in [-0.3, -0.25) is 4.79 Å². The van der Waals surface area contributed by atoms with Crippen molar-refractivity contribution in [3.8, 4) is 0 Å². The molecule has 0 saturated carbocycles. The fourth-order valence-electron chi connectivity index (χ4n) is 2.98. The number of carbonyl (C=O) groups is 1. The molecule has 1 amide bonds. The molecular weight excluding hydrogens is 346 g/mol. The molecule has 0 spiro atoms. The number of hydrogen-bond acceptors (Lipinski definition) is 6. The topological polar surface area (TPSA) is 71.0 Å². The van der Waals surface area contributed by atoms with Gasteiger partial charge in [0.25, 0.3) is 5.91 Å². The number of anilines is 3. The molecule has 7 heteroatoms. The highest BCUT2D eigenvalue weighted by Gasteiger charge is 2.26. The molecule has 132 valence electrons. The zero-order valence-electron chi connectivity index (χ0n) is 14.7. The summed E-state index contributed by atoms with van der Waals surface area (Å²) < 4.78 is 0. The van der Waals surface area contributed by atoms with Gasteiger partial charge in [0.05, 0.1) is 5.69 Å². The highest BCUT2D eigenvalue weighted by atomic mass is 32.1. The van der Waals surface area contributed by atoms with Gasteiger partial charge in [-0.05, 0) is 56.5 Å². The van der Waals surface area contributed by atoms with Gasteiger partial charge in [0, 0.05) is 17.1 Å². The van der Waals surface area contributed by atoms with Crippen LogP contribution in [-0.4, -0.2) is 27.6 Å². The zero-order chi connectivity index (χ0) is 18.1. The summed E-state index contributed by atoms with van der Waals surface area (Å²) in [7, 11) is 0. The minimum Gasteiger partial charge on any atom is -0.320 e. The number of rotatable bonds is 3. The largest absolute Gasteiger partial charge is 0.320 e. The Morgan fingerprint density at radius 3 is 2.85 bits per heavy atom. The summed E-state index contributed by atoms with van der Waals surface area (Å²) in [4.78, 5) is 20.4. The van der Waals surface area contributed by atoms with Crippen molar-refractivity contribution >= 4 is 34.6 Å². The molecule has 3 heterocycles. The van der Waals surface area contributed by atoms with Crippen LogP contribution in [0.1, 0.15) is 32.4 Å². The molecule has 0 unspecified atom stereocenters. The van der Waals surface area contributed by atoms with Crippen molar-refractivity contribution in [2.24, 2.45) is 0 Å². The third-order valence-corrected chi connectivity index (χ3v) is 5.35. The molecule has 0 radical (unpaired) electrons. The predicted molar refractivity (Wildman–Crippen MR) is 103 cm³/mol. The lowest BCUT2D eigenvalue weighted by atomic mass is 10.2. The summed E-state index contributed by atoms with van der Waals surface area (Å²) >= 11 is 1.46. The second kappa shape index (κ2) is 6.84. The lowest BCUT2D eigenvalue weighted by Crippen LogP contribution is -2.25. The van der Waals surface area contributed by atoms with E-state index in [4.69, 9.17) is 0 Å². The van der Waals surface area contributed by atoms with Gasteiger partial charge in [-0.15, -0.1) is 16.4 Å². The number of aromatic nitrogens is 3. The molecule has 26 heavy (non-hydrogen) atoms. The summed E-state index contributed by atoms with van der Waals surface area (Å²) in [5.41, 5.74) is 2.76. The van der Waals surface area contributed by atoms with Crippen LogP contribution in [0.5, 0.6) is 0 Å². The molecular formula is C19H19N5OS. The van der Waals surface area contributed by atoms with E-state index in [0.29, 0.717) is 5.01 Å². The predicted octanol–water partition coefficient (Wildman–Crippen LogP) is 3.89. The number of carbonyl (C=O) groups excluding carboxylic acids is 1. The van der Waals surface area contributed by atoms with Gasteiger partial charge in [-0.2, -0.15) is 5.10 Å². The van der Waals surface area contributed by atoms with Crippen LogP contribution in [0, 0.1) is 13.8 Å². The van der Waals surface area contributed by atoms with Crippen LogP contribution in [0.25, 0.3) is 0 Å². The van der Waals surface area contributed by atoms with Crippen LogP contribution in [0.4, 0.5) is 17.3 Å². The number of nitrogens with zero attached hydrogens (tertiary/aromatic N) is 4. The van der Waals surface area contributed by atoms with Crippen molar-refractivity contribution in [3.05, 3.63) is 57.5 Å². The quantitative estimate of drug-likeness (QED) is 0.762. The second-order valence-electron chi connectivity index (χ2n) is 6.38. The smallest absolute Gasteiger partial charge is 0.284 e. The van der Waals surface area contributed by atoms with Crippen molar-refractivity contribution < 1.29 is 4.79 Å². The molecule has 1 N–H and O–H groups in total. The van der Waals surface area contributed by atoms with Crippen molar-refractivity contribution in [2.75, 3.05) is 16.8 Å². The maximum atomic E-state index is 12.6. The Kier molecular flexibility index (Phi) is 4.38. The number of fused-ring (bicyclic) bond motifs is 1. The van der Waals surface area contributed by atoms with Gasteiger partial charge in [0.1, 0.15) is 5.82 Å². The molecule has 1 aliphatic heterocycles. The Hall–Kier alpha value is -2.80. The molecule has 6 nitrogen and oxygen atoms in total. The molecule has 1 aliphatic rings. The maximum absolute atomic E-state index is 12.6. The average molecular weight is 365 g/mol. The summed E-state index contributed by atoms with van der Waals surface area (Å²) in [5.74, 6) is 1.42. The van der Waals surface area contributed by atoms with Crippen LogP contribution >= 0.6 is 11.3 Å². The zero-order valence-corrected chi connectivity index (χ0v) is 15.5. The second-order valence-corrected chi connectivity index (χ2v) is 7.46. The monoisotopic (exact) mass is 365 g/mol. The first-order chi connectivity index (χ1) is 12.6. The van der Waals surface area contributed by atoms with E-state index in [-0.39, 0.29) is 5.91 Å². The maximum Gasteiger partial charge on any atom is 0.284 e. The number of thiazole rings is 1. The Morgan fingerprint density at radius 2 is 2.08 bits per heavy atom. The van der Waals surface area contributed by atoms with Gasteiger partial charge >= 0.3 is 0 Å². The number of benzene rings is 1. The lowest BCUT2D eigenvalue weighted by Gasteiger charge is -2.25. The van der Waals surface area contributed by atoms with Crippen molar-refractivity contribution in [3.63, 3.8) is 0 Å². The van der Waals surface area contributed by atoms with E-state index in [9.17, 15) is 4.79 Å². The van der Waals surface area contributed by atoms with Gasteiger partial charge in [0.15, 0.2) is 10.8 Å². The molecule has 3 aromatic rings. The molecule has 0 bridgehead atoms. The first kappa shape index (κ1) is 16.7. The van der Waals surface area contributed by atoms with Crippen molar-refractivity contribution in [2.45, 2.75) is 26.7 Å². The molecule has 0 fully saturated rings. The third-order valence-electron chi connectivity index (χ3n) is 4.25. The molecule has 2 aromatic heterocycles. The molecule has 1 aromatic carbocycles.